The number of hydrogen-bond donors (Lipinski definition) is 0. The maximum Gasteiger partial charge on any atom is 0.269 e. The van der Waals surface area contributed by atoms with Gasteiger partial charge in [0.15, 0.2) is 0 Å². The van der Waals surface area contributed by atoms with E-state index in [4.69, 9.17) is 5.26 Å². The molecule has 0 saturated heterocycles. The molecule has 0 aliphatic carbocycles. The van der Waals surface area contributed by atoms with Crippen molar-refractivity contribution in [2.45, 2.75) is 23.1 Å². The lowest BCUT2D eigenvalue weighted by molar-refractivity contribution is -0.384. The minimum atomic E-state index is -0.418. The van der Waals surface area contributed by atoms with Crippen molar-refractivity contribution >= 4 is 17.4 Å². The highest BCUT2D eigenvalue weighted by atomic mass is 32.2. The van der Waals surface area contributed by atoms with Crippen molar-refractivity contribution in [1.29, 1.82) is 5.26 Å². The molecule has 0 bridgehead atoms. The summed E-state index contributed by atoms with van der Waals surface area (Å²) in [5, 5.41) is 19.7. The summed E-state index contributed by atoms with van der Waals surface area (Å²) in [6, 6.07) is 14.3. The Labute approximate surface area is 121 Å². The lowest BCUT2D eigenvalue weighted by Crippen LogP contribution is -1.88. The largest absolute Gasteiger partial charge is 0.269 e. The van der Waals surface area contributed by atoms with Crippen LogP contribution in [0.2, 0.25) is 0 Å². The molecule has 2 aromatic carbocycles. The molecule has 20 heavy (non-hydrogen) atoms. The molecule has 0 heterocycles. The summed E-state index contributed by atoms with van der Waals surface area (Å²) in [5.74, 6) is 0. The highest BCUT2D eigenvalue weighted by molar-refractivity contribution is 7.99. The van der Waals surface area contributed by atoms with E-state index in [2.05, 4.69) is 6.07 Å². The minimum absolute atomic E-state index is 0.0772. The Morgan fingerprint density at radius 2 is 1.85 bits per heavy atom. The average Bonchev–Trinajstić information content (AvgIpc) is 2.47. The lowest BCUT2D eigenvalue weighted by atomic mass is 10.1. The Kier molecular flexibility index (Phi) is 4.38. The number of hydrogen-bond acceptors (Lipinski definition) is 4. The number of nitriles is 1. The van der Waals surface area contributed by atoms with Crippen LogP contribution in [0.25, 0.3) is 0 Å². The first kappa shape index (κ1) is 14.1. The van der Waals surface area contributed by atoms with Crippen LogP contribution in [-0.2, 0) is 6.42 Å². The van der Waals surface area contributed by atoms with E-state index in [1.165, 1.54) is 23.9 Å². The maximum absolute atomic E-state index is 10.6. The molecular formula is C15H12N2O2S. The van der Waals surface area contributed by atoms with Crippen LogP contribution in [0.5, 0.6) is 0 Å². The van der Waals surface area contributed by atoms with Gasteiger partial charge in [-0.15, -0.1) is 0 Å². The van der Waals surface area contributed by atoms with Gasteiger partial charge in [-0.3, -0.25) is 10.1 Å². The number of non-ortho nitro benzene ring substituents is 1. The monoisotopic (exact) mass is 284 g/mol. The van der Waals surface area contributed by atoms with E-state index in [1.807, 2.05) is 25.1 Å². The van der Waals surface area contributed by atoms with Gasteiger partial charge in [-0.05, 0) is 36.2 Å². The molecule has 0 aliphatic heterocycles. The van der Waals surface area contributed by atoms with Crippen LogP contribution >= 0.6 is 11.8 Å². The Bertz CT molecular complexity index is 675. The first-order valence-electron chi connectivity index (χ1n) is 6.09. The molecule has 0 N–H and O–H groups in total. The Balaban J connectivity index is 2.22. The molecule has 0 spiro atoms. The lowest BCUT2D eigenvalue weighted by Gasteiger charge is -2.05. The van der Waals surface area contributed by atoms with Gasteiger partial charge >= 0.3 is 0 Å². The fourth-order valence-corrected chi connectivity index (χ4v) is 2.66. The fourth-order valence-electron chi connectivity index (χ4n) is 1.80. The van der Waals surface area contributed by atoms with E-state index in [9.17, 15) is 10.1 Å². The van der Waals surface area contributed by atoms with E-state index in [0.717, 1.165) is 21.8 Å². The summed E-state index contributed by atoms with van der Waals surface area (Å²) in [5.41, 5.74) is 1.79. The Hall–Kier alpha value is -2.32. The zero-order valence-electron chi connectivity index (χ0n) is 10.9. The van der Waals surface area contributed by atoms with Gasteiger partial charge in [0.2, 0.25) is 0 Å². The van der Waals surface area contributed by atoms with Crippen LogP contribution in [0.1, 0.15) is 18.1 Å². The molecular weight excluding hydrogens is 272 g/mol. The predicted octanol–water partition coefficient (Wildman–Crippen LogP) is 4.18. The first-order valence-corrected chi connectivity index (χ1v) is 6.91. The second kappa shape index (κ2) is 6.22. The molecule has 0 atom stereocenters. The number of nitro benzene ring substituents is 1. The first-order chi connectivity index (χ1) is 9.63. The summed E-state index contributed by atoms with van der Waals surface area (Å²) in [4.78, 5) is 12.0. The molecule has 2 aromatic rings. The molecule has 0 unspecified atom stereocenters. The van der Waals surface area contributed by atoms with Gasteiger partial charge in [0, 0.05) is 21.9 Å². The summed E-state index contributed by atoms with van der Waals surface area (Å²) in [6.07, 6.45) is 0.825. The molecule has 0 aliphatic rings. The molecule has 2 rings (SSSR count). The van der Waals surface area contributed by atoms with Crippen molar-refractivity contribution < 1.29 is 4.92 Å². The van der Waals surface area contributed by atoms with Crippen molar-refractivity contribution in [2.75, 3.05) is 0 Å². The van der Waals surface area contributed by atoms with Crippen molar-refractivity contribution in [3.05, 3.63) is 63.7 Å². The quantitative estimate of drug-likeness (QED) is 0.624. The zero-order valence-corrected chi connectivity index (χ0v) is 11.7. The van der Waals surface area contributed by atoms with Gasteiger partial charge in [0.1, 0.15) is 0 Å². The standard InChI is InChI=1S/C15H12N2O2S/c1-2-11-3-6-15(9-12(11)10-16)20-14-7-4-13(5-8-14)17(18)19/h3-9H,2H2,1H3. The Morgan fingerprint density at radius 3 is 2.40 bits per heavy atom. The average molecular weight is 284 g/mol. The van der Waals surface area contributed by atoms with Gasteiger partial charge in [-0.25, -0.2) is 0 Å². The molecule has 0 amide bonds. The van der Waals surface area contributed by atoms with Crippen LogP contribution in [0.15, 0.2) is 52.3 Å². The van der Waals surface area contributed by atoms with Gasteiger partial charge in [0.05, 0.1) is 16.6 Å². The highest BCUT2D eigenvalue weighted by Gasteiger charge is 2.06. The fraction of sp³-hybridized carbons (Fsp3) is 0.133. The third kappa shape index (κ3) is 3.16. The zero-order chi connectivity index (χ0) is 14.5. The van der Waals surface area contributed by atoms with Crippen molar-refractivity contribution in [3.8, 4) is 6.07 Å². The molecule has 0 radical (unpaired) electrons. The van der Waals surface area contributed by atoms with Crippen LogP contribution in [-0.4, -0.2) is 4.92 Å². The van der Waals surface area contributed by atoms with Gasteiger partial charge in [-0.1, -0.05) is 24.8 Å². The van der Waals surface area contributed by atoms with E-state index in [1.54, 1.807) is 12.1 Å². The van der Waals surface area contributed by atoms with E-state index in [-0.39, 0.29) is 5.69 Å². The van der Waals surface area contributed by atoms with Crippen LogP contribution in [0, 0.1) is 21.4 Å². The Morgan fingerprint density at radius 1 is 1.20 bits per heavy atom. The smallest absolute Gasteiger partial charge is 0.258 e. The number of aryl methyl sites for hydroxylation is 1. The van der Waals surface area contributed by atoms with Gasteiger partial charge in [0.25, 0.3) is 5.69 Å². The summed E-state index contributed by atoms with van der Waals surface area (Å²) < 4.78 is 0. The molecule has 0 fully saturated rings. The van der Waals surface area contributed by atoms with Crippen molar-refractivity contribution in [3.63, 3.8) is 0 Å². The van der Waals surface area contributed by atoms with Gasteiger partial charge in [-0.2, -0.15) is 5.26 Å². The maximum atomic E-state index is 10.6. The van der Waals surface area contributed by atoms with Crippen LogP contribution < -0.4 is 0 Å². The number of benzene rings is 2. The molecule has 100 valence electrons. The molecule has 0 aromatic heterocycles. The molecule has 4 nitrogen and oxygen atoms in total. The topological polar surface area (TPSA) is 66.9 Å². The summed E-state index contributed by atoms with van der Waals surface area (Å²) >= 11 is 1.48. The third-order valence-corrected chi connectivity index (χ3v) is 3.86. The number of rotatable bonds is 4. The van der Waals surface area contributed by atoms with Crippen molar-refractivity contribution in [1.82, 2.24) is 0 Å². The predicted molar refractivity (Wildman–Crippen MR) is 77.8 cm³/mol. The normalized spacial score (nSPS) is 10.0. The van der Waals surface area contributed by atoms with Crippen molar-refractivity contribution in [2.24, 2.45) is 0 Å². The highest BCUT2D eigenvalue weighted by Crippen LogP contribution is 2.30. The van der Waals surface area contributed by atoms with Crippen LogP contribution in [0.4, 0.5) is 5.69 Å². The number of nitro groups is 1. The minimum Gasteiger partial charge on any atom is -0.258 e. The van der Waals surface area contributed by atoms with E-state index in [0.29, 0.717) is 5.56 Å². The second-order valence-corrected chi connectivity index (χ2v) is 5.28. The third-order valence-electron chi connectivity index (χ3n) is 2.87. The van der Waals surface area contributed by atoms with Crippen LogP contribution in [0.3, 0.4) is 0 Å². The van der Waals surface area contributed by atoms with E-state index >= 15 is 0 Å². The molecule has 5 heteroatoms. The number of nitrogens with zero attached hydrogens (tertiary/aromatic N) is 2. The van der Waals surface area contributed by atoms with E-state index < -0.39 is 4.92 Å². The molecule has 0 saturated carbocycles. The summed E-state index contributed by atoms with van der Waals surface area (Å²) in [6.45, 7) is 2.01. The second-order valence-electron chi connectivity index (χ2n) is 4.14. The summed E-state index contributed by atoms with van der Waals surface area (Å²) in [7, 11) is 0. The van der Waals surface area contributed by atoms with Gasteiger partial charge < -0.3 is 0 Å². The SMILES string of the molecule is CCc1ccc(Sc2ccc([N+](=O)[O-])cc2)cc1C#N.